The molecule has 0 unspecified atom stereocenters. The van der Waals surface area contributed by atoms with E-state index in [1.807, 2.05) is 78.2 Å². The Morgan fingerprint density at radius 1 is 0.938 bits per heavy atom. The van der Waals surface area contributed by atoms with Crippen molar-refractivity contribution in [3.05, 3.63) is 89.3 Å². The quantitative estimate of drug-likeness (QED) is 0.427. The predicted octanol–water partition coefficient (Wildman–Crippen LogP) is 2.75. The Balaban J connectivity index is 1.42. The van der Waals surface area contributed by atoms with Gasteiger partial charge in [0.25, 0.3) is 0 Å². The van der Waals surface area contributed by atoms with Gasteiger partial charge in [-0.25, -0.2) is 0 Å². The van der Waals surface area contributed by atoms with Gasteiger partial charge >= 0.3 is 0 Å². The number of benzene rings is 2. The molecule has 0 aliphatic carbocycles. The predicted molar refractivity (Wildman–Crippen MR) is 121 cm³/mol. The molecule has 1 N–H and O–H groups in total. The maximum atomic E-state index is 13.0. The number of carbonyl (C=O) groups excluding carboxylic acids is 2. The van der Waals surface area contributed by atoms with Crippen molar-refractivity contribution in [3.63, 3.8) is 0 Å². The summed E-state index contributed by atoms with van der Waals surface area (Å²) in [5.74, 6) is -0.0224. The lowest BCUT2D eigenvalue weighted by Crippen LogP contribution is -2.41. The highest BCUT2D eigenvalue weighted by molar-refractivity contribution is 7.13. The van der Waals surface area contributed by atoms with Crippen molar-refractivity contribution in [2.75, 3.05) is 6.54 Å². The first-order chi connectivity index (χ1) is 15.7. The van der Waals surface area contributed by atoms with Gasteiger partial charge in [0.2, 0.25) is 17.6 Å². The number of nitrogens with zero attached hydrogens (tertiary/aromatic N) is 5. The van der Waals surface area contributed by atoms with Crippen LogP contribution in [0.3, 0.4) is 0 Å². The molecule has 2 aromatic heterocycles. The molecule has 9 heteroatoms. The van der Waals surface area contributed by atoms with E-state index in [-0.39, 0.29) is 24.9 Å². The Kier molecular flexibility index (Phi) is 6.98. The number of nitrogens with one attached hydrogen (secondary N) is 1. The van der Waals surface area contributed by atoms with Crippen molar-refractivity contribution in [1.29, 1.82) is 0 Å². The zero-order valence-corrected chi connectivity index (χ0v) is 18.1. The summed E-state index contributed by atoms with van der Waals surface area (Å²) in [6.45, 7) is 0.553. The molecule has 2 aromatic carbocycles. The van der Waals surface area contributed by atoms with Gasteiger partial charge in [0.15, 0.2) is 0 Å². The van der Waals surface area contributed by atoms with Crippen LogP contribution in [-0.4, -0.2) is 43.5 Å². The first-order valence-corrected chi connectivity index (χ1v) is 11.0. The number of rotatable bonds is 9. The zero-order valence-electron chi connectivity index (χ0n) is 17.3. The maximum absolute atomic E-state index is 13.0. The van der Waals surface area contributed by atoms with Gasteiger partial charge in [-0.15, -0.1) is 21.5 Å². The number of tetrazole rings is 1. The molecule has 0 atom stereocenters. The maximum Gasteiger partial charge on any atom is 0.247 e. The van der Waals surface area contributed by atoms with Crippen LogP contribution in [0.1, 0.15) is 11.1 Å². The van der Waals surface area contributed by atoms with Crippen LogP contribution in [-0.2, 0) is 29.2 Å². The van der Waals surface area contributed by atoms with Gasteiger partial charge in [-0.2, -0.15) is 4.80 Å². The van der Waals surface area contributed by atoms with Gasteiger partial charge < -0.3 is 10.2 Å². The number of carbonyl (C=O) groups is 2. The van der Waals surface area contributed by atoms with Gasteiger partial charge in [-0.1, -0.05) is 66.7 Å². The van der Waals surface area contributed by atoms with Gasteiger partial charge in [-0.3, -0.25) is 9.59 Å². The Labute approximate surface area is 189 Å². The van der Waals surface area contributed by atoms with Gasteiger partial charge in [0.05, 0.1) is 11.4 Å². The van der Waals surface area contributed by atoms with E-state index in [4.69, 9.17) is 0 Å². The highest BCUT2D eigenvalue weighted by Gasteiger charge is 2.20. The third-order valence-corrected chi connectivity index (χ3v) is 5.57. The molecule has 32 heavy (non-hydrogen) atoms. The molecule has 0 saturated heterocycles. The Hall–Kier alpha value is -3.85. The van der Waals surface area contributed by atoms with Gasteiger partial charge in [-0.05, 0) is 27.8 Å². The van der Waals surface area contributed by atoms with Crippen LogP contribution in [0.15, 0.2) is 78.2 Å². The lowest BCUT2D eigenvalue weighted by Gasteiger charge is -2.22. The number of aromatic nitrogens is 4. The minimum atomic E-state index is -0.265. The van der Waals surface area contributed by atoms with Crippen LogP contribution < -0.4 is 5.32 Å². The molecule has 4 aromatic rings. The van der Waals surface area contributed by atoms with E-state index in [0.29, 0.717) is 18.9 Å². The highest BCUT2D eigenvalue weighted by atomic mass is 32.1. The second-order valence-electron chi connectivity index (χ2n) is 7.12. The largest absolute Gasteiger partial charge is 0.350 e. The first-order valence-electron chi connectivity index (χ1n) is 10.1. The minimum absolute atomic E-state index is 0.0625. The van der Waals surface area contributed by atoms with E-state index in [1.165, 1.54) is 21.0 Å². The van der Waals surface area contributed by atoms with Crippen molar-refractivity contribution < 1.29 is 9.59 Å². The van der Waals surface area contributed by atoms with Crippen molar-refractivity contribution in [3.8, 4) is 10.7 Å². The van der Waals surface area contributed by atoms with E-state index < -0.39 is 0 Å². The van der Waals surface area contributed by atoms with Crippen LogP contribution in [0.25, 0.3) is 10.7 Å². The van der Waals surface area contributed by atoms with Crippen LogP contribution in [0, 0.1) is 0 Å². The number of hydrogen-bond acceptors (Lipinski definition) is 6. The van der Waals surface area contributed by atoms with E-state index in [9.17, 15) is 9.59 Å². The summed E-state index contributed by atoms with van der Waals surface area (Å²) >= 11 is 1.50. The topological polar surface area (TPSA) is 93.0 Å². The summed E-state index contributed by atoms with van der Waals surface area (Å²) in [6, 6.07) is 23.0. The molecule has 0 aliphatic heterocycles. The second-order valence-corrected chi connectivity index (χ2v) is 8.07. The fourth-order valence-electron chi connectivity index (χ4n) is 3.10. The molecule has 162 valence electrons. The fraction of sp³-hybridized carbons (Fsp3) is 0.174. The second kappa shape index (κ2) is 10.5. The smallest absolute Gasteiger partial charge is 0.247 e. The van der Waals surface area contributed by atoms with Crippen molar-refractivity contribution >= 4 is 23.2 Å². The fourth-order valence-corrected chi connectivity index (χ4v) is 3.75. The van der Waals surface area contributed by atoms with Crippen molar-refractivity contribution in [2.45, 2.75) is 19.6 Å². The van der Waals surface area contributed by atoms with E-state index in [0.717, 1.165) is 16.0 Å². The SMILES string of the molecule is O=C(CN(Cc1ccccc1)C(=O)Cn1nnc(-c2cccs2)n1)NCc1ccccc1. The summed E-state index contributed by atoms with van der Waals surface area (Å²) in [5, 5.41) is 17.1. The number of hydrogen-bond donors (Lipinski definition) is 1. The van der Waals surface area contributed by atoms with Gasteiger partial charge in [0, 0.05) is 13.1 Å². The van der Waals surface area contributed by atoms with Crippen LogP contribution in [0.2, 0.25) is 0 Å². The molecule has 0 bridgehead atoms. The average molecular weight is 447 g/mol. The molecular weight excluding hydrogens is 424 g/mol. The zero-order chi connectivity index (χ0) is 22.2. The Morgan fingerprint density at radius 2 is 1.66 bits per heavy atom. The molecule has 0 spiro atoms. The number of amides is 2. The molecule has 2 heterocycles. The molecule has 0 fully saturated rings. The normalized spacial score (nSPS) is 10.6. The average Bonchev–Trinajstić information content (AvgIpc) is 3.51. The lowest BCUT2D eigenvalue weighted by atomic mass is 10.2. The summed E-state index contributed by atoms with van der Waals surface area (Å²) in [4.78, 5) is 29.3. The third kappa shape index (κ3) is 5.86. The summed E-state index contributed by atoms with van der Waals surface area (Å²) in [7, 11) is 0. The van der Waals surface area contributed by atoms with E-state index in [1.54, 1.807) is 0 Å². The van der Waals surface area contributed by atoms with Crippen LogP contribution >= 0.6 is 11.3 Å². The van der Waals surface area contributed by atoms with Gasteiger partial charge in [0.1, 0.15) is 6.54 Å². The standard InChI is InChI=1S/C23H22N6O2S/c30-21(24-14-18-8-3-1-4-9-18)16-28(15-19-10-5-2-6-11-19)22(31)17-29-26-23(25-27-29)20-12-7-13-32-20/h1-13H,14-17H2,(H,24,30). The molecule has 2 amide bonds. The van der Waals surface area contributed by atoms with Crippen LogP contribution in [0.5, 0.6) is 0 Å². The minimum Gasteiger partial charge on any atom is -0.350 e. The molecule has 8 nitrogen and oxygen atoms in total. The molecule has 0 saturated carbocycles. The summed E-state index contributed by atoms with van der Waals surface area (Å²) < 4.78 is 0. The summed E-state index contributed by atoms with van der Waals surface area (Å²) in [5.41, 5.74) is 1.93. The number of thiophene rings is 1. The van der Waals surface area contributed by atoms with E-state index in [2.05, 4.69) is 20.7 Å². The van der Waals surface area contributed by atoms with E-state index >= 15 is 0 Å². The lowest BCUT2D eigenvalue weighted by molar-refractivity contribution is -0.137. The molecule has 4 rings (SSSR count). The van der Waals surface area contributed by atoms with Crippen LogP contribution in [0.4, 0.5) is 0 Å². The van der Waals surface area contributed by atoms with Crippen molar-refractivity contribution in [2.24, 2.45) is 0 Å². The molecule has 0 radical (unpaired) electrons. The third-order valence-electron chi connectivity index (χ3n) is 4.71. The molecule has 0 aliphatic rings. The Bertz CT molecular complexity index is 1150. The Morgan fingerprint density at radius 3 is 2.34 bits per heavy atom. The summed E-state index contributed by atoms with van der Waals surface area (Å²) in [6.07, 6.45) is 0. The van der Waals surface area contributed by atoms with Crippen molar-refractivity contribution in [1.82, 2.24) is 30.4 Å². The monoisotopic (exact) mass is 446 g/mol. The first kappa shape index (κ1) is 21.4. The molecular formula is C23H22N6O2S. The highest BCUT2D eigenvalue weighted by Crippen LogP contribution is 2.19.